The van der Waals surface area contributed by atoms with Gasteiger partial charge in [-0.25, -0.2) is 0 Å². The highest BCUT2D eigenvalue weighted by molar-refractivity contribution is 6.25. The lowest BCUT2D eigenvalue weighted by molar-refractivity contribution is 0.338. The van der Waals surface area contributed by atoms with E-state index in [2.05, 4.69) is 4.74 Å². The van der Waals surface area contributed by atoms with Crippen LogP contribution < -0.4 is 0 Å². The Morgan fingerprint density at radius 3 is 2.62 bits per heavy atom. The van der Waals surface area contributed by atoms with Crippen LogP contribution in [0.25, 0.3) is 0 Å². The van der Waals surface area contributed by atoms with Crippen LogP contribution in [0.5, 0.6) is 0 Å². The Morgan fingerprint density at radius 1 is 1.62 bits per heavy atom. The summed E-state index contributed by atoms with van der Waals surface area (Å²) in [7, 11) is 1.60. The Bertz CT molecular complexity index is 105. The maximum atomic E-state index is 5.32. The number of ether oxygens (including phenoxy) is 1. The van der Waals surface area contributed by atoms with E-state index in [4.69, 9.17) is 11.6 Å². The number of hydrogen-bond acceptors (Lipinski definition) is 1. The highest BCUT2D eigenvalue weighted by Gasteiger charge is 1.74. The van der Waals surface area contributed by atoms with Gasteiger partial charge in [0.1, 0.15) is 0 Å². The zero-order valence-electron chi connectivity index (χ0n) is 5.02. The lowest BCUT2D eigenvalue weighted by Gasteiger charge is -1.85. The Labute approximate surface area is 54.6 Å². The molecule has 0 aromatic rings. The van der Waals surface area contributed by atoms with E-state index in [0.717, 1.165) is 5.57 Å². The first kappa shape index (κ1) is 7.57. The van der Waals surface area contributed by atoms with Gasteiger partial charge in [0, 0.05) is 5.54 Å². The van der Waals surface area contributed by atoms with Crippen LogP contribution in [0.4, 0.5) is 0 Å². The van der Waals surface area contributed by atoms with Gasteiger partial charge in [0.05, 0.1) is 13.4 Å². The number of allylic oxidation sites excluding steroid dienone is 2. The molecule has 0 aliphatic heterocycles. The average molecular weight is 133 g/mol. The molecule has 0 radical (unpaired) electrons. The first-order chi connectivity index (χ1) is 3.81. The van der Waals surface area contributed by atoms with Crippen LogP contribution in [-0.4, -0.2) is 7.11 Å². The molecule has 8 heavy (non-hydrogen) atoms. The van der Waals surface area contributed by atoms with Gasteiger partial charge < -0.3 is 4.74 Å². The molecule has 0 rings (SSSR count). The molecular formula is C6H9ClO. The quantitative estimate of drug-likeness (QED) is 0.414. The molecule has 1 nitrogen and oxygen atoms in total. The molecule has 0 aromatic heterocycles. The van der Waals surface area contributed by atoms with Crippen molar-refractivity contribution < 1.29 is 4.74 Å². The van der Waals surface area contributed by atoms with E-state index in [9.17, 15) is 0 Å². The van der Waals surface area contributed by atoms with E-state index >= 15 is 0 Å². The van der Waals surface area contributed by atoms with Crippen molar-refractivity contribution in [2.24, 2.45) is 0 Å². The van der Waals surface area contributed by atoms with E-state index in [1.54, 1.807) is 19.4 Å². The second-order valence-electron chi connectivity index (χ2n) is 1.39. The SMILES string of the molecule is CO/C=C/C(C)=C/Cl. The maximum Gasteiger partial charge on any atom is 0.0827 e. The van der Waals surface area contributed by atoms with Crippen LogP contribution in [0.2, 0.25) is 0 Å². The predicted octanol–water partition coefficient (Wildman–Crippen LogP) is 2.29. The van der Waals surface area contributed by atoms with E-state index in [1.165, 1.54) is 5.54 Å². The predicted molar refractivity (Wildman–Crippen MR) is 35.8 cm³/mol. The third-order valence-corrected chi connectivity index (χ3v) is 0.983. The van der Waals surface area contributed by atoms with Gasteiger partial charge in [-0.05, 0) is 18.6 Å². The molecule has 0 atom stereocenters. The van der Waals surface area contributed by atoms with Crippen molar-refractivity contribution in [1.29, 1.82) is 0 Å². The van der Waals surface area contributed by atoms with E-state index in [-0.39, 0.29) is 0 Å². The number of halogens is 1. The summed E-state index contributed by atoms with van der Waals surface area (Å²) >= 11 is 5.32. The molecule has 0 N–H and O–H groups in total. The molecule has 0 heterocycles. The van der Waals surface area contributed by atoms with Gasteiger partial charge in [-0.3, -0.25) is 0 Å². The number of rotatable bonds is 2. The van der Waals surface area contributed by atoms with Gasteiger partial charge in [-0.1, -0.05) is 11.6 Å². The van der Waals surface area contributed by atoms with Gasteiger partial charge in [0.15, 0.2) is 0 Å². The third kappa shape index (κ3) is 3.75. The van der Waals surface area contributed by atoms with Gasteiger partial charge >= 0.3 is 0 Å². The number of hydrogen-bond donors (Lipinski definition) is 0. The maximum absolute atomic E-state index is 5.32. The van der Waals surface area contributed by atoms with Gasteiger partial charge in [-0.15, -0.1) is 0 Å². The standard InChI is InChI=1S/C6H9ClO/c1-6(5-7)3-4-8-2/h3-5H,1-2H3/b4-3+,6-5+. The summed E-state index contributed by atoms with van der Waals surface area (Å²) in [5, 5.41) is 0. The van der Waals surface area contributed by atoms with Crippen LogP contribution in [0.1, 0.15) is 6.92 Å². The van der Waals surface area contributed by atoms with Crippen molar-refractivity contribution in [3.63, 3.8) is 0 Å². The average Bonchev–Trinajstić information content (AvgIpc) is 1.83. The summed E-state index contributed by atoms with van der Waals surface area (Å²) in [6, 6.07) is 0. The fourth-order valence-corrected chi connectivity index (χ4v) is 0.284. The minimum atomic E-state index is 0.980. The Morgan fingerprint density at radius 2 is 2.25 bits per heavy atom. The van der Waals surface area contributed by atoms with Crippen molar-refractivity contribution in [2.75, 3.05) is 7.11 Å². The lowest BCUT2D eigenvalue weighted by Crippen LogP contribution is -1.66. The Balaban J connectivity index is 3.53. The fraction of sp³-hybridized carbons (Fsp3) is 0.333. The van der Waals surface area contributed by atoms with Gasteiger partial charge in [0.25, 0.3) is 0 Å². The highest BCUT2D eigenvalue weighted by atomic mass is 35.5. The Hall–Kier alpha value is -0.430. The summed E-state index contributed by atoms with van der Waals surface area (Å²) in [5.41, 5.74) is 2.48. The highest BCUT2D eigenvalue weighted by Crippen LogP contribution is 1.95. The minimum Gasteiger partial charge on any atom is -0.504 e. The third-order valence-electron chi connectivity index (χ3n) is 0.639. The minimum absolute atomic E-state index is 0.980. The van der Waals surface area contributed by atoms with Gasteiger partial charge in [-0.2, -0.15) is 0 Å². The largest absolute Gasteiger partial charge is 0.504 e. The summed E-state index contributed by atoms with van der Waals surface area (Å²) in [4.78, 5) is 0. The van der Waals surface area contributed by atoms with Crippen molar-refractivity contribution >= 4 is 11.6 Å². The molecule has 0 aliphatic rings. The molecule has 0 saturated carbocycles. The molecule has 0 amide bonds. The summed E-state index contributed by atoms with van der Waals surface area (Å²) in [6.45, 7) is 1.89. The van der Waals surface area contributed by atoms with Crippen molar-refractivity contribution in [1.82, 2.24) is 0 Å². The smallest absolute Gasteiger partial charge is 0.0827 e. The van der Waals surface area contributed by atoms with Crippen LogP contribution in [0.15, 0.2) is 23.4 Å². The molecule has 46 valence electrons. The number of methoxy groups -OCH3 is 1. The topological polar surface area (TPSA) is 9.23 Å². The van der Waals surface area contributed by atoms with E-state index in [0.29, 0.717) is 0 Å². The zero-order valence-corrected chi connectivity index (χ0v) is 5.77. The first-order valence-corrected chi connectivity index (χ1v) is 2.71. The molecule has 0 aliphatic carbocycles. The van der Waals surface area contributed by atoms with Crippen LogP contribution >= 0.6 is 11.6 Å². The molecule has 0 fully saturated rings. The van der Waals surface area contributed by atoms with Crippen molar-refractivity contribution in [3.05, 3.63) is 23.4 Å². The summed E-state index contributed by atoms with van der Waals surface area (Å²) in [5.74, 6) is 0. The first-order valence-electron chi connectivity index (χ1n) is 2.27. The normalized spacial score (nSPS) is 12.6. The molecule has 0 unspecified atom stereocenters. The van der Waals surface area contributed by atoms with Gasteiger partial charge in [0.2, 0.25) is 0 Å². The van der Waals surface area contributed by atoms with Crippen LogP contribution in [-0.2, 0) is 4.74 Å². The summed E-state index contributed by atoms with van der Waals surface area (Å²) in [6.07, 6.45) is 3.36. The fourth-order valence-electron chi connectivity index (χ4n) is 0.212. The second-order valence-corrected chi connectivity index (χ2v) is 1.61. The molecule has 0 aromatic carbocycles. The molecular weight excluding hydrogens is 124 g/mol. The van der Waals surface area contributed by atoms with Crippen molar-refractivity contribution in [3.8, 4) is 0 Å². The monoisotopic (exact) mass is 132 g/mol. The Kier molecular flexibility index (Phi) is 4.47. The van der Waals surface area contributed by atoms with E-state index in [1.807, 2.05) is 6.92 Å². The van der Waals surface area contributed by atoms with Crippen LogP contribution in [0, 0.1) is 0 Å². The molecule has 0 saturated heterocycles. The van der Waals surface area contributed by atoms with Crippen molar-refractivity contribution in [2.45, 2.75) is 6.92 Å². The van der Waals surface area contributed by atoms with Crippen LogP contribution in [0.3, 0.4) is 0 Å². The molecule has 0 bridgehead atoms. The zero-order chi connectivity index (χ0) is 6.41. The summed E-state index contributed by atoms with van der Waals surface area (Å²) < 4.78 is 4.63. The molecule has 2 heteroatoms. The van der Waals surface area contributed by atoms with E-state index < -0.39 is 0 Å². The molecule has 0 spiro atoms. The lowest BCUT2D eigenvalue weighted by atomic mass is 10.3. The second kappa shape index (κ2) is 4.72.